The van der Waals surface area contributed by atoms with Crippen LogP contribution >= 0.6 is 0 Å². The van der Waals surface area contributed by atoms with Gasteiger partial charge < -0.3 is 11.1 Å². The molecule has 19 heavy (non-hydrogen) atoms. The van der Waals surface area contributed by atoms with Crippen molar-refractivity contribution in [2.24, 2.45) is 11.7 Å². The maximum absolute atomic E-state index is 13.1. The predicted octanol–water partition coefficient (Wildman–Crippen LogP) is 2.21. The molecule has 0 aliphatic heterocycles. The summed E-state index contributed by atoms with van der Waals surface area (Å²) in [6, 6.07) is 1.32. The van der Waals surface area contributed by atoms with Crippen molar-refractivity contribution >= 4 is 5.91 Å². The van der Waals surface area contributed by atoms with Crippen molar-refractivity contribution in [3.8, 4) is 0 Å². The van der Waals surface area contributed by atoms with E-state index in [9.17, 15) is 18.0 Å². The fraction of sp³-hybridized carbons (Fsp3) is 0.462. The van der Waals surface area contributed by atoms with Gasteiger partial charge in [-0.25, -0.2) is 13.2 Å². The molecule has 0 saturated carbocycles. The molecule has 1 aromatic carbocycles. The standard InChI is InChI=1S/C13H17F3N2O/c1-7(2)13(3,6-17)18-12(19)8-4-9(14)11(16)10(15)5-8/h4-5,7H,6,17H2,1-3H3,(H,18,19). The van der Waals surface area contributed by atoms with Crippen LogP contribution in [0.25, 0.3) is 0 Å². The molecule has 0 heterocycles. The molecule has 6 heteroatoms. The van der Waals surface area contributed by atoms with Crippen LogP contribution in [0.5, 0.6) is 0 Å². The molecule has 3 nitrogen and oxygen atoms in total. The van der Waals surface area contributed by atoms with Crippen LogP contribution in [0.15, 0.2) is 12.1 Å². The maximum Gasteiger partial charge on any atom is 0.251 e. The molecule has 1 rings (SSSR count). The number of rotatable bonds is 4. The molecule has 0 saturated heterocycles. The van der Waals surface area contributed by atoms with Crippen molar-refractivity contribution in [2.45, 2.75) is 26.3 Å². The summed E-state index contributed by atoms with van der Waals surface area (Å²) in [6.07, 6.45) is 0. The van der Waals surface area contributed by atoms with Crippen LogP contribution in [0.4, 0.5) is 13.2 Å². The zero-order valence-corrected chi connectivity index (χ0v) is 11.1. The molecule has 1 atom stereocenters. The van der Waals surface area contributed by atoms with E-state index in [0.29, 0.717) is 12.1 Å². The highest BCUT2D eigenvalue weighted by atomic mass is 19.2. The summed E-state index contributed by atoms with van der Waals surface area (Å²) in [5.74, 6) is -5.06. The average Bonchev–Trinajstić information content (AvgIpc) is 2.34. The maximum atomic E-state index is 13.1. The van der Waals surface area contributed by atoms with E-state index in [0.717, 1.165) is 0 Å². The van der Waals surface area contributed by atoms with Crippen LogP contribution < -0.4 is 11.1 Å². The number of nitrogens with two attached hydrogens (primary N) is 1. The first-order valence-electron chi connectivity index (χ1n) is 5.88. The molecule has 0 radical (unpaired) electrons. The second-order valence-electron chi connectivity index (χ2n) is 4.98. The van der Waals surface area contributed by atoms with E-state index >= 15 is 0 Å². The molecule has 1 aromatic rings. The van der Waals surface area contributed by atoms with Crippen LogP contribution in [0, 0.1) is 23.4 Å². The molecule has 106 valence electrons. The minimum atomic E-state index is -1.60. The smallest absolute Gasteiger partial charge is 0.251 e. The van der Waals surface area contributed by atoms with E-state index in [-0.39, 0.29) is 18.0 Å². The van der Waals surface area contributed by atoms with Crippen LogP contribution in [0.3, 0.4) is 0 Å². The second kappa shape index (κ2) is 5.61. The lowest BCUT2D eigenvalue weighted by Crippen LogP contribution is -2.55. The zero-order valence-electron chi connectivity index (χ0n) is 11.1. The summed E-state index contributed by atoms with van der Waals surface area (Å²) in [6.45, 7) is 5.62. The molecule has 3 N–H and O–H groups in total. The van der Waals surface area contributed by atoms with Gasteiger partial charge in [0.25, 0.3) is 5.91 Å². The van der Waals surface area contributed by atoms with Crippen molar-refractivity contribution in [2.75, 3.05) is 6.54 Å². The number of amides is 1. The molecular formula is C13H17F3N2O. The topological polar surface area (TPSA) is 55.1 Å². The third-order valence-corrected chi connectivity index (χ3v) is 3.34. The highest BCUT2D eigenvalue weighted by Gasteiger charge is 2.29. The second-order valence-corrected chi connectivity index (χ2v) is 4.98. The van der Waals surface area contributed by atoms with E-state index < -0.39 is 28.9 Å². The lowest BCUT2D eigenvalue weighted by molar-refractivity contribution is 0.0882. The van der Waals surface area contributed by atoms with Crippen molar-refractivity contribution in [3.05, 3.63) is 35.1 Å². The molecule has 0 aliphatic rings. The van der Waals surface area contributed by atoms with Crippen molar-refractivity contribution in [1.29, 1.82) is 0 Å². The Morgan fingerprint density at radius 3 is 2.16 bits per heavy atom. The van der Waals surface area contributed by atoms with Gasteiger partial charge in [0.05, 0.1) is 5.54 Å². The number of nitrogens with one attached hydrogen (secondary N) is 1. The number of carbonyl (C=O) groups is 1. The van der Waals surface area contributed by atoms with Crippen LogP contribution in [0.1, 0.15) is 31.1 Å². The van der Waals surface area contributed by atoms with E-state index in [1.54, 1.807) is 6.92 Å². The van der Waals surface area contributed by atoms with Crippen molar-refractivity contribution in [1.82, 2.24) is 5.32 Å². The highest BCUT2D eigenvalue weighted by molar-refractivity contribution is 5.94. The Bertz CT molecular complexity index is 468. The minimum Gasteiger partial charge on any atom is -0.345 e. The summed E-state index contributed by atoms with van der Waals surface area (Å²) >= 11 is 0. The van der Waals surface area contributed by atoms with Crippen LogP contribution in [-0.4, -0.2) is 18.0 Å². The van der Waals surface area contributed by atoms with Gasteiger partial charge in [0.2, 0.25) is 0 Å². The molecule has 0 fully saturated rings. The fourth-order valence-corrected chi connectivity index (χ4v) is 1.45. The number of hydrogen-bond acceptors (Lipinski definition) is 2. The fourth-order valence-electron chi connectivity index (χ4n) is 1.45. The molecule has 1 amide bonds. The van der Waals surface area contributed by atoms with Gasteiger partial charge in [-0.3, -0.25) is 4.79 Å². The Morgan fingerprint density at radius 2 is 1.79 bits per heavy atom. The van der Waals surface area contributed by atoms with Gasteiger partial charge in [-0.15, -0.1) is 0 Å². The van der Waals surface area contributed by atoms with Crippen LogP contribution in [-0.2, 0) is 0 Å². The van der Waals surface area contributed by atoms with Crippen molar-refractivity contribution in [3.63, 3.8) is 0 Å². The Labute approximate surface area is 110 Å². The van der Waals surface area contributed by atoms with Gasteiger partial charge >= 0.3 is 0 Å². The summed E-state index contributed by atoms with van der Waals surface area (Å²) in [5, 5.41) is 2.61. The Hall–Kier alpha value is -1.56. The van der Waals surface area contributed by atoms with Gasteiger partial charge in [-0.1, -0.05) is 13.8 Å². The number of carbonyl (C=O) groups excluding carboxylic acids is 1. The number of benzene rings is 1. The van der Waals surface area contributed by atoms with E-state index in [1.165, 1.54) is 0 Å². The van der Waals surface area contributed by atoms with Gasteiger partial charge in [0.15, 0.2) is 17.5 Å². The van der Waals surface area contributed by atoms with Crippen molar-refractivity contribution < 1.29 is 18.0 Å². The summed E-state index contributed by atoms with van der Waals surface area (Å²) in [5.41, 5.74) is 4.60. The lowest BCUT2D eigenvalue weighted by Gasteiger charge is -2.33. The van der Waals surface area contributed by atoms with Gasteiger partial charge in [-0.2, -0.15) is 0 Å². The predicted molar refractivity (Wildman–Crippen MR) is 66.1 cm³/mol. The minimum absolute atomic E-state index is 0.0246. The molecule has 1 unspecified atom stereocenters. The number of hydrogen-bond donors (Lipinski definition) is 2. The summed E-state index contributed by atoms with van der Waals surface area (Å²) in [7, 11) is 0. The van der Waals surface area contributed by atoms with Gasteiger partial charge in [0, 0.05) is 12.1 Å². The molecule has 0 aliphatic carbocycles. The Kier molecular flexibility index (Phi) is 4.57. The quantitative estimate of drug-likeness (QED) is 0.827. The first-order valence-corrected chi connectivity index (χ1v) is 5.88. The highest BCUT2D eigenvalue weighted by Crippen LogP contribution is 2.18. The van der Waals surface area contributed by atoms with Gasteiger partial charge in [-0.05, 0) is 25.0 Å². The summed E-state index contributed by atoms with van der Waals surface area (Å²) in [4.78, 5) is 11.9. The van der Waals surface area contributed by atoms with E-state index in [2.05, 4.69) is 5.32 Å². The first kappa shape index (κ1) is 15.5. The Balaban J connectivity index is 3.02. The average molecular weight is 274 g/mol. The van der Waals surface area contributed by atoms with E-state index in [1.807, 2.05) is 13.8 Å². The third kappa shape index (κ3) is 3.26. The third-order valence-electron chi connectivity index (χ3n) is 3.34. The largest absolute Gasteiger partial charge is 0.345 e. The number of halogens is 3. The molecule has 0 bridgehead atoms. The molecule has 0 aromatic heterocycles. The summed E-state index contributed by atoms with van der Waals surface area (Å²) < 4.78 is 38.9. The van der Waals surface area contributed by atoms with Gasteiger partial charge in [0.1, 0.15) is 0 Å². The zero-order chi connectivity index (χ0) is 14.8. The molecular weight excluding hydrogens is 257 g/mol. The lowest BCUT2D eigenvalue weighted by atomic mass is 9.88. The molecule has 0 spiro atoms. The van der Waals surface area contributed by atoms with E-state index in [4.69, 9.17) is 5.73 Å². The monoisotopic (exact) mass is 274 g/mol. The normalized spacial score (nSPS) is 14.3. The Morgan fingerprint density at radius 1 is 1.32 bits per heavy atom. The SMILES string of the molecule is CC(C)C(C)(CN)NC(=O)c1cc(F)c(F)c(F)c1. The van der Waals surface area contributed by atoms with Crippen LogP contribution in [0.2, 0.25) is 0 Å². The first-order chi connectivity index (χ1) is 8.71.